The summed E-state index contributed by atoms with van der Waals surface area (Å²) in [5, 5.41) is 15.8. The molecule has 0 atom stereocenters. The molecule has 9 nitrogen and oxygen atoms in total. The number of sulfonamides is 1. The molecule has 10 heteroatoms. The van der Waals surface area contributed by atoms with Gasteiger partial charge in [-0.05, 0) is 35.6 Å². The van der Waals surface area contributed by atoms with E-state index in [0.29, 0.717) is 5.69 Å². The average molecular weight is 462 g/mol. The highest BCUT2D eigenvalue weighted by Crippen LogP contribution is 2.30. The standard InChI is InChI=1S/C23H18N4O5S/c1-3-26-12-13-27(14-26)21-20(22(29)18-6-4-5-7-19(18)23(21)30)25-33(31,32)17-10-8-16(9-11-17)24-15(2)28/h3-14H,1H2,2H3,(H-,24,25,28,30). The molecule has 1 aliphatic rings. The summed E-state index contributed by atoms with van der Waals surface area (Å²) in [6, 6.07) is 11.5. The molecule has 0 spiro atoms. The van der Waals surface area contributed by atoms with Crippen molar-refractivity contribution in [3.63, 3.8) is 0 Å². The molecular formula is C23H18N4O5S. The van der Waals surface area contributed by atoms with Crippen LogP contribution in [0.1, 0.15) is 22.8 Å². The minimum atomic E-state index is -4.36. The van der Waals surface area contributed by atoms with Crippen molar-refractivity contribution >= 4 is 50.8 Å². The number of benzene rings is 2. The van der Waals surface area contributed by atoms with E-state index in [1.807, 2.05) is 0 Å². The van der Waals surface area contributed by atoms with Gasteiger partial charge < -0.3 is 10.4 Å². The summed E-state index contributed by atoms with van der Waals surface area (Å²) in [6.07, 6.45) is 6.04. The summed E-state index contributed by atoms with van der Waals surface area (Å²) in [4.78, 5) is 24.2. The van der Waals surface area contributed by atoms with E-state index in [1.165, 1.54) is 71.2 Å². The maximum Gasteiger partial charge on any atom is 0.283 e. The maximum atomic E-state index is 13.3. The number of ketones is 1. The van der Waals surface area contributed by atoms with Crippen LogP contribution in [-0.4, -0.2) is 30.4 Å². The number of nitrogens with one attached hydrogen (secondary N) is 1. The number of carbonyl (C=O) groups excluding carboxylic acids is 2. The van der Waals surface area contributed by atoms with Crippen LogP contribution in [0.2, 0.25) is 0 Å². The first-order valence-corrected chi connectivity index (χ1v) is 11.2. The smallest absolute Gasteiger partial charge is 0.283 e. The molecule has 0 aliphatic heterocycles. The number of amides is 1. The largest absolute Gasteiger partial charge is 0.869 e. The Morgan fingerprint density at radius 1 is 1.15 bits per heavy atom. The zero-order chi connectivity index (χ0) is 23.8. The summed E-state index contributed by atoms with van der Waals surface area (Å²) in [6.45, 7) is 4.97. The van der Waals surface area contributed by atoms with Crippen molar-refractivity contribution in [2.45, 2.75) is 11.8 Å². The molecule has 1 amide bonds. The van der Waals surface area contributed by atoms with Gasteiger partial charge in [0.05, 0.1) is 11.1 Å². The minimum absolute atomic E-state index is 0.0740. The van der Waals surface area contributed by atoms with Gasteiger partial charge in [0.1, 0.15) is 12.4 Å². The maximum absolute atomic E-state index is 13.3. The second-order valence-electron chi connectivity index (χ2n) is 7.12. The van der Waals surface area contributed by atoms with Crippen LogP contribution < -0.4 is 15.0 Å². The van der Waals surface area contributed by atoms with Gasteiger partial charge in [0.25, 0.3) is 16.4 Å². The Bertz CT molecular complexity index is 1460. The Labute approximate surface area is 189 Å². The number of hydrogen-bond acceptors (Lipinski definition) is 5. The highest BCUT2D eigenvalue weighted by atomic mass is 32.2. The van der Waals surface area contributed by atoms with E-state index in [4.69, 9.17) is 0 Å². The Morgan fingerprint density at radius 3 is 2.42 bits per heavy atom. The Morgan fingerprint density at radius 2 is 1.82 bits per heavy atom. The fraction of sp³-hybridized carbons (Fsp3) is 0.0435. The summed E-state index contributed by atoms with van der Waals surface area (Å²) in [5.74, 6) is -1.52. The lowest BCUT2D eigenvalue weighted by Crippen LogP contribution is -2.31. The first-order chi connectivity index (χ1) is 15.7. The number of nitrogens with zero attached hydrogens (tertiary/aromatic N) is 3. The molecule has 3 aromatic rings. The molecule has 33 heavy (non-hydrogen) atoms. The van der Waals surface area contributed by atoms with E-state index in [-0.39, 0.29) is 27.6 Å². The normalized spacial score (nSPS) is 14.8. The summed E-state index contributed by atoms with van der Waals surface area (Å²) < 4.78 is 32.8. The van der Waals surface area contributed by atoms with Crippen molar-refractivity contribution in [1.82, 2.24) is 4.57 Å². The number of allylic oxidation sites excluding steroid dienone is 1. The second kappa shape index (κ2) is 8.32. The molecule has 1 aromatic heterocycles. The summed E-state index contributed by atoms with van der Waals surface area (Å²) in [7, 11) is -4.36. The fourth-order valence-corrected chi connectivity index (χ4v) is 4.36. The highest BCUT2D eigenvalue weighted by Gasteiger charge is 2.33. The third kappa shape index (κ3) is 4.11. The van der Waals surface area contributed by atoms with E-state index in [9.17, 15) is 23.1 Å². The third-order valence-corrected chi connectivity index (χ3v) is 6.17. The van der Waals surface area contributed by atoms with Crippen molar-refractivity contribution in [1.29, 1.82) is 0 Å². The number of aromatic nitrogens is 2. The molecule has 1 heterocycles. The Balaban J connectivity index is 1.88. The lowest BCUT2D eigenvalue weighted by Gasteiger charge is -2.24. The molecule has 1 N–H and O–H groups in total. The van der Waals surface area contributed by atoms with Crippen molar-refractivity contribution < 1.29 is 27.7 Å². The highest BCUT2D eigenvalue weighted by molar-refractivity contribution is 7.90. The Hall–Kier alpha value is -4.31. The lowest BCUT2D eigenvalue weighted by atomic mass is 9.91. The van der Waals surface area contributed by atoms with Crippen LogP contribution in [-0.2, 0) is 14.8 Å². The second-order valence-corrected chi connectivity index (χ2v) is 8.73. The van der Waals surface area contributed by atoms with Gasteiger partial charge in [-0.1, -0.05) is 30.8 Å². The predicted octanol–water partition coefficient (Wildman–Crippen LogP) is 1.55. The first-order valence-electron chi connectivity index (χ1n) is 9.71. The van der Waals surface area contributed by atoms with Crippen LogP contribution in [0, 0.1) is 0 Å². The minimum Gasteiger partial charge on any atom is -0.869 e. The number of imidazole rings is 1. The molecule has 0 fully saturated rings. The number of fused-ring (bicyclic) bond motifs is 1. The van der Waals surface area contributed by atoms with E-state index in [2.05, 4.69) is 16.3 Å². The molecule has 0 bridgehead atoms. The third-order valence-electron chi connectivity index (χ3n) is 4.88. The zero-order valence-electron chi connectivity index (χ0n) is 17.4. The SMILES string of the molecule is C=C[n+]1ccn(C2=C([O-])c3ccccc3C(=O)/C2=N\S(=O)(=O)c2ccc(NC(C)=O)cc2)c1. The monoisotopic (exact) mass is 462 g/mol. The molecule has 4 rings (SSSR count). The van der Waals surface area contributed by atoms with Gasteiger partial charge in [-0.15, -0.1) is 0 Å². The molecular weight excluding hydrogens is 444 g/mol. The Kier molecular flexibility index (Phi) is 5.52. The van der Waals surface area contributed by atoms with Gasteiger partial charge in [0, 0.05) is 18.2 Å². The first kappa shape index (κ1) is 21.9. The molecule has 0 saturated heterocycles. The zero-order valence-corrected chi connectivity index (χ0v) is 18.2. The molecule has 2 aromatic carbocycles. The van der Waals surface area contributed by atoms with E-state index in [0.717, 1.165) is 0 Å². The van der Waals surface area contributed by atoms with Gasteiger partial charge in [0.2, 0.25) is 11.7 Å². The fourth-order valence-electron chi connectivity index (χ4n) is 3.37. The number of hydrogen-bond donors (Lipinski definition) is 1. The number of anilines is 1. The quantitative estimate of drug-likeness (QED) is 0.576. The van der Waals surface area contributed by atoms with Crippen LogP contribution in [0.25, 0.3) is 17.7 Å². The van der Waals surface area contributed by atoms with Crippen LogP contribution in [0.5, 0.6) is 0 Å². The topological polar surface area (TPSA) is 125 Å². The summed E-state index contributed by atoms with van der Waals surface area (Å²) in [5.41, 5.74) is -0.0352. The number of rotatable bonds is 5. The summed E-state index contributed by atoms with van der Waals surface area (Å²) >= 11 is 0. The molecule has 166 valence electrons. The molecule has 0 saturated carbocycles. The van der Waals surface area contributed by atoms with Gasteiger partial charge in [-0.3, -0.25) is 9.59 Å². The van der Waals surface area contributed by atoms with Gasteiger partial charge in [-0.2, -0.15) is 12.8 Å². The number of carbonyl (C=O) groups is 2. The van der Waals surface area contributed by atoms with Crippen LogP contribution >= 0.6 is 0 Å². The molecule has 0 radical (unpaired) electrons. The average Bonchev–Trinajstić information content (AvgIpc) is 3.26. The van der Waals surface area contributed by atoms with Gasteiger partial charge in [0.15, 0.2) is 11.4 Å². The van der Waals surface area contributed by atoms with Gasteiger partial charge in [-0.25, -0.2) is 9.13 Å². The van der Waals surface area contributed by atoms with E-state index in [1.54, 1.807) is 18.3 Å². The van der Waals surface area contributed by atoms with Crippen LogP contribution in [0.15, 0.2) is 83.1 Å². The lowest BCUT2D eigenvalue weighted by molar-refractivity contribution is -0.566. The van der Waals surface area contributed by atoms with Gasteiger partial charge >= 0.3 is 0 Å². The predicted molar refractivity (Wildman–Crippen MR) is 120 cm³/mol. The van der Waals surface area contributed by atoms with Crippen LogP contribution in [0.3, 0.4) is 0 Å². The molecule has 1 aliphatic carbocycles. The molecule has 0 unspecified atom stereocenters. The number of Topliss-reactive ketones (excluding diaryl/α,β-unsaturated/α-hetero) is 1. The van der Waals surface area contributed by atoms with E-state index >= 15 is 0 Å². The van der Waals surface area contributed by atoms with Crippen molar-refractivity contribution in [2.24, 2.45) is 4.40 Å². The van der Waals surface area contributed by atoms with E-state index < -0.39 is 27.3 Å². The van der Waals surface area contributed by atoms with Crippen molar-refractivity contribution in [3.05, 3.63) is 85.0 Å². The van der Waals surface area contributed by atoms with Crippen LogP contribution in [0.4, 0.5) is 5.69 Å². The van der Waals surface area contributed by atoms with Crippen molar-refractivity contribution in [3.8, 4) is 0 Å². The van der Waals surface area contributed by atoms with Crippen molar-refractivity contribution in [2.75, 3.05) is 5.32 Å².